The van der Waals surface area contributed by atoms with Gasteiger partial charge in [-0.15, -0.1) is 0 Å². The molecule has 2 aromatic carbocycles. The number of rotatable bonds is 3. The number of benzene rings is 2. The zero-order chi connectivity index (χ0) is 23.0. The molecule has 1 N–H and O–H groups in total. The van der Waals surface area contributed by atoms with E-state index >= 15 is 0 Å². The van der Waals surface area contributed by atoms with E-state index in [0.29, 0.717) is 22.0 Å². The molecule has 0 aliphatic rings. The second-order valence-electron chi connectivity index (χ2n) is 8.82. The first kappa shape index (κ1) is 21.3. The van der Waals surface area contributed by atoms with Crippen molar-refractivity contribution in [3.8, 4) is 17.2 Å². The smallest absolute Gasteiger partial charge is 0.268 e. The summed E-state index contributed by atoms with van der Waals surface area (Å²) in [5.74, 6) is 0. The van der Waals surface area contributed by atoms with Gasteiger partial charge in [-0.2, -0.15) is 15.5 Å². The highest BCUT2D eigenvalue weighted by Gasteiger charge is 2.15. The third-order valence-corrected chi connectivity index (χ3v) is 5.63. The van der Waals surface area contributed by atoms with Gasteiger partial charge < -0.3 is 0 Å². The molecule has 0 bridgehead atoms. The third kappa shape index (κ3) is 3.85. The van der Waals surface area contributed by atoms with E-state index in [-0.39, 0.29) is 11.0 Å². The van der Waals surface area contributed by atoms with Crippen LogP contribution in [0.4, 0.5) is 0 Å². The van der Waals surface area contributed by atoms with Crippen LogP contribution >= 0.6 is 0 Å². The molecule has 2 heterocycles. The fraction of sp³-hybridized carbons (Fsp3) is 0.192. The van der Waals surface area contributed by atoms with E-state index in [1.807, 2.05) is 37.4 Å². The van der Waals surface area contributed by atoms with Gasteiger partial charge in [0.1, 0.15) is 0 Å². The van der Waals surface area contributed by atoms with Crippen LogP contribution in [-0.4, -0.2) is 20.0 Å². The molecule has 6 heteroatoms. The summed E-state index contributed by atoms with van der Waals surface area (Å²) >= 11 is 0. The van der Waals surface area contributed by atoms with Crippen molar-refractivity contribution >= 4 is 22.4 Å². The number of hydrogen-bond donors (Lipinski definition) is 1. The van der Waals surface area contributed by atoms with E-state index in [9.17, 15) is 10.1 Å². The summed E-state index contributed by atoms with van der Waals surface area (Å²) in [5, 5.41) is 21.9. The molecule has 0 saturated carbocycles. The molecule has 159 valence electrons. The molecule has 0 atom stereocenters. The summed E-state index contributed by atoms with van der Waals surface area (Å²) in [6.45, 7) is 10.4. The van der Waals surface area contributed by atoms with Crippen LogP contribution in [0.25, 0.3) is 33.5 Å². The largest absolute Gasteiger partial charge is 0.272 e. The SMILES string of the molecule is [CH2]c1n[nH]c(=O)c2ccc(-c3cnn(C)c3C=C(C#N)c3ccc(C(C)(C)C)cc3)cc12. The molecule has 0 spiro atoms. The topological polar surface area (TPSA) is 87.4 Å². The van der Waals surface area contributed by atoms with Crippen molar-refractivity contribution in [2.45, 2.75) is 26.2 Å². The number of aryl methyl sites for hydroxylation is 1. The molecular weight excluding hydrogens is 398 g/mol. The maximum atomic E-state index is 12.1. The van der Waals surface area contributed by atoms with Gasteiger partial charge in [-0.3, -0.25) is 9.48 Å². The van der Waals surface area contributed by atoms with E-state index in [0.717, 1.165) is 22.4 Å². The maximum absolute atomic E-state index is 12.1. The van der Waals surface area contributed by atoms with Crippen molar-refractivity contribution in [3.05, 3.63) is 88.5 Å². The normalized spacial score (nSPS) is 12.2. The van der Waals surface area contributed by atoms with Gasteiger partial charge in [0.15, 0.2) is 0 Å². The number of H-pyrrole nitrogens is 1. The Morgan fingerprint density at radius 2 is 1.88 bits per heavy atom. The Labute approximate surface area is 186 Å². The van der Waals surface area contributed by atoms with E-state index in [1.54, 1.807) is 16.9 Å². The average Bonchev–Trinajstić information content (AvgIpc) is 3.14. The third-order valence-electron chi connectivity index (χ3n) is 5.63. The Hall–Kier alpha value is -3.98. The summed E-state index contributed by atoms with van der Waals surface area (Å²) < 4.78 is 1.74. The Kier molecular flexibility index (Phi) is 5.27. The lowest BCUT2D eigenvalue weighted by molar-refractivity contribution is 0.590. The molecule has 0 aliphatic carbocycles. The Morgan fingerprint density at radius 3 is 2.53 bits per heavy atom. The summed E-state index contributed by atoms with van der Waals surface area (Å²) in [7, 11) is 1.84. The Bertz CT molecular complexity index is 1440. The van der Waals surface area contributed by atoms with Crippen LogP contribution in [0.5, 0.6) is 0 Å². The standard InChI is InChI=1S/C26H24N5O/c1-16-22-12-18(8-11-21(22)25(32)30-29-16)23-15-28-31(5)24(23)13-19(14-27)17-6-9-20(10-7-17)26(2,3)4/h6-13,15H,1H2,2-5H3,(H,30,32). The molecule has 4 aromatic rings. The van der Waals surface area contributed by atoms with Crippen LogP contribution in [0, 0.1) is 18.3 Å². The maximum Gasteiger partial charge on any atom is 0.272 e. The van der Waals surface area contributed by atoms with Crippen molar-refractivity contribution in [1.82, 2.24) is 20.0 Å². The zero-order valence-electron chi connectivity index (χ0n) is 18.6. The molecule has 4 rings (SSSR count). The van der Waals surface area contributed by atoms with Crippen molar-refractivity contribution in [1.29, 1.82) is 5.26 Å². The van der Waals surface area contributed by atoms with Crippen LogP contribution in [0.3, 0.4) is 0 Å². The second kappa shape index (κ2) is 7.93. The summed E-state index contributed by atoms with van der Waals surface area (Å²) in [5.41, 5.74) is 5.42. The molecule has 0 unspecified atom stereocenters. The number of fused-ring (bicyclic) bond motifs is 1. The van der Waals surface area contributed by atoms with E-state index in [1.165, 1.54) is 5.56 Å². The van der Waals surface area contributed by atoms with E-state index in [2.05, 4.69) is 61.2 Å². The van der Waals surface area contributed by atoms with E-state index < -0.39 is 0 Å². The minimum Gasteiger partial charge on any atom is -0.268 e. The molecular formula is C26H24N5O. The van der Waals surface area contributed by atoms with Crippen LogP contribution in [0.2, 0.25) is 0 Å². The molecule has 0 saturated heterocycles. The fourth-order valence-corrected chi connectivity index (χ4v) is 3.69. The minimum absolute atomic E-state index is 0.0455. The van der Waals surface area contributed by atoms with Crippen LogP contribution < -0.4 is 5.56 Å². The first-order valence-electron chi connectivity index (χ1n) is 10.3. The quantitative estimate of drug-likeness (QED) is 0.477. The van der Waals surface area contributed by atoms with Crippen LogP contribution in [0.15, 0.2) is 53.5 Å². The summed E-state index contributed by atoms with van der Waals surface area (Å²) in [4.78, 5) is 12.1. The summed E-state index contributed by atoms with van der Waals surface area (Å²) in [6, 6.07) is 15.9. The Morgan fingerprint density at radius 1 is 1.16 bits per heavy atom. The number of nitrogens with one attached hydrogen (secondary N) is 1. The highest BCUT2D eigenvalue weighted by Crippen LogP contribution is 2.30. The van der Waals surface area contributed by atoms with Crippen LogP contribution in [-0.2, 0) is 12.5 Å². The first-order valence-corrected chi connectivity index (χ1v) is 10.3. The molecule has 0 fully saturated rings. The molecule has 1 radical (unpaired) electrons. The van der Waals surface area contributed by atoms with Gasteiger partial charge in [-0.25, -0.2) is 5.10 Å². The number of nitriles is 1. The van der Waals surface area contributed by atoms with Gasteiger partial charge in [0.05, 0.1) is 34.6 Å². The number of allylic oxidation sites excluding steroid dienone is 1. The lowest BCUT2D eigenvalue weighted by Gasteiger charge is -2.19. The highest BCUT2D eigenvalue weighted by molar-refractivity contribution is 5.94. The van der Waals surface area contributed by atoms with Gasteiger partial charge >= 0.3 is 0 Å². The number of aromatic nitrogens is 4. The van der Waals surface area contributed by atoms with Crippen molar-refractivity contribution < 1.29 is 0 Å². The highest BCUT2D eigenvalue weighted by atomic mass is 16.1. The van der Waals surface area contributed by atoms with Gasteiger partial charge in [0.2, 0.25) is 0 Å². The molecule has 32 heavy (non-hydrogen) atoms. The van der Waals surface area contributed by atoms with E-state index in [4.69, 9.17) is 0 Å². The van der Waals surface area contributed by atoms with Crippen molar-refractivity contribution in [2.75, 3.05) is 0 Å². The number of nitrogens with zero attached hydrogens (tertiary/aromatic N) is 4. The monoisotopic (exact) mass is 422 g/mol. The molecule has 0 amide bonds. The van der Waals surface area contributed by atoms with Crippen LogP contribution in [0.1, 0.15) is 43.3 Å². The van der Waals surface area contributed by atoms with Gasteiger partial charge in [0, 0.05) is 18.0 Å². The lowest BCUT2D eigenvalue weighted by Crippen LogP contribution is -2.10. The minimum atomic E-state index is -0.254. The van der Waals surface area contributed by atoms with Gasteiger partial charge in [-0.1, -0.05) is 51.1 Å². The average molecular weight is 423 g/mol. The number of hydrogen-bond acceptors (Lipinski definition) is 4. The van der Waals surface area contributed by atoms with Crippen molar-refractivity contribution in [2.24, 2.45) is 7.05 Å². The lowest BCUT2D eigenvalue weighted by atomic mass is 9.86. The Balaban J connectivity index is 1.81. The van der Waals surface area contributed by atoms with Gasteiger partial charge in [0.25, 0.3) is 5.56 Å². The molecule has 2 aromatic heterocycles. The predicted molar refractivity (Wildman–Crippen MR) is 128 cm³/mol. The predicted octanol–water partition coefficient (Wildman–Crippen LogP) is 4.87. The number of aromatic amines is 1. The first-order chi connectivity index (χ1) is 15.2. The fourth-order valence-electron chi connectivity index (χ4n) is 3.69. The second-order valence-corrected chi connectivity index (χ2v) is 8.82. The molecule has 6 nitrogen and oxygen atoms in total. The van der Waals surface area contributed by atoms with Crippen molar-refractivity contribution in [3.63, 3.8) is 0 Å². The van der Waals surface area contributed by atoms with Gasteiger partial charge in [-0.05, 0) is 47.2 Å². The zero-order valence-corrected chi connectivity index (χ0v) is 18.6. The summed E-state index contributed by atoms with van der Waals surface area (Å²) in [6.07, 6.45) is 3.61. The molecule has 0 aliphatic heterocycles.